The molecule has 0 radical (unpaired) electrons. The Morgan fingerprint density at radius 1 is 1.19 bits per heavy atom. The number of furan rings is 1. The number of carbonyl (C=O) groups is 1. The van der Waals surface area contributed by atoms with Gasteiger partial charge in [-0.05, 0) is 56.3 Å². The molecule has 3 aromatic heterocycles. The molecule has 3 heterocycles. The zero-order valence-electron chi connectivity index (χ0n) is 17.2. The fourth-order valence-corrected chi connectivity index (χ4v) is 4.63. The predicted molar refractivity (Wildman–Crippen MR) is 125 cm³/mol. The van der Waals surface area contributed by atoms with Crippen LogP contribution in [0.15, 0.2) is 63.8 Å². The standard InChI is InChI=1S/C24H17ClN2O4S/c1-13(2)30-23(29)16-9-7-14(25)11-17(16)20-10-8-15(31-20)12-21-22(28)27-19-6-4-3-5-18(19)26-24(27)32-21/h3-13H,1-2H3/b21-12+. The molecule has 0 spiro atoms. The van der Waals surface area contributed by atoms with E-state index in [-0.39, 0.29) is 11.7 Å². The largest absolute Gasteiger partial charge is 0.459 e. The van der Waals surface area contributed by atoms with E-state index in [1.165, 1.54) is 11.3 Å². The lowest BCUT2D eigenvalue weighted by Crippen LogP contribution is -2.22. The van der Waals surface area contributed by atoms with E-state index >= 15 is 0 Å². The Labute approximate surface area is 191 Å². The summed E-state index contributed by atoms with van der Waals surface area (Å²) in [6.45, 7) is 3.57. The quantitative estimate of drug-likeness (QED) is 0.352. The Morgan fingerprint density at radius 2 is 2.00 bits per heavy atom. The molecule has 0 atom stereocenters. The number of hydrogen-bond donors (Lipinski definition) is 0. The van der Waals surface area contributed by atoms with Crippen LogP contribution in [0.4, 0.5) is 0 Å². The van der Waals surface area contributed by atoms with Gasteiger partial charge in [0.25, 0.3) is 5.56 Å². The topological polar surface area (TPSA) is 73.8 Å². The molecule has 0 N–H and O–H groups in total. The molecule has 5 aromatic rings. The van der Waals surface area contributed by atoms with Crippen molar-refractivity contribution >= 4 is 51.0 Å². The third kappa shape index (κ3) is 3.59. The second-order valence-corrected chi connectivity index (χ2v) is 8.93. The zero-order valence-corrected chi connectivity index (χ0v) is 18.7. The molecule has 0 aliphatic carbocycles. The molecule has 8 heteroatoms. The molecular weight excluding hydrogens is 448 g/mol. The molecule has 0 aliphatic heterocycles. The lowest BCUT2D eigenvalue weighted by atomic mass is 10.1. The van der Waals surface area contributed by atoms with Crippen molar-refractivity contribution in [3.63, 3.8) is 0 Å². The van der Waals surface area contributed by atoms with Crippen LogP contribution in [0, 0.1) is 0 Å². The minimum absolute atomic E-state index is 0.152. The third-order valence-electron chi connectivity index (χ3n) is 4.85. The lowest BCUT2D eigenvalue weighted by Gasteiger charge is -2.11. The van der Waals surface area contributed by atoms with Crippen LogP contribution in [-0.2, 0) is 4.74 Å². The maximum atomic E-state index is 13.0. The van der Waals surface area contributed by atoms with Gasteiger partial charge in [-0.25, -0.2) is 14.2 Å². The smallest absolute Gasteiger partial charge is 0.339 e. The molecular formula is C24H17ClN2O4S. The highest BCUT2D eigenvalue weighted by molar-refractivity contribution is 7.15. The summed E-state index contributed by atoms with van der Waals surface area (Å²) >= 11 is 7.46. The van der Waals surface area contributed by atoms with Gasteiger partial charge < -0.3 is 9.15 Å². The van der Waals surface area contributed by atoms with E-state index in [0.717, 1.165) is 11.0 Å². The van der Waals surface area contributed by atoms with Gasteiger partial charge in [0.05, 0.1) is 22.7 Å². The summed E-state index contributed by atoms with van der Waals surface area (Å²) in [5, 5.41) is 0.469. The summed E-state index contributed by atoms with van der Waals surface area (Å²) in [4.78, 5) is 30.6. The highest BCUT2D eigenvalue weighted by atomic mass is 35.5. The Kier molecular flexibility index (Phi) is 5.07. The van der Waals surface area contributed by atoms with E-state index in [4.69, 9.17) is 20.8 Å². The highest BCUT2D eigenvalue weighted by Crippen LogP contribution is 2.30. The number of nitrogens with zero attached hydrogens (tertiary/aromatic N) is 2. The van der Waals surface area contributed by atoms with Gasteiger partial charge in [-0.15, -0.1) is 0 Å². The molecule has 0 aliphatic rings. The van der Waals surface area contributed by atoms with Crippen LogP contribution in [0.25, 0.3) is 33.4 Å². The number of carbonyl (C=O) groups excluding carboxylic acids is 1. The van der Waals surface area contributed by atoms with E-state index in [2.05, 4.69) is 4.98 Å². The first-order valence-electron chi connectivity index (χ1n) is 9.93. The number of para-hydroxylation sites is 2. The first-order chi connectivity index (χ1) is 15.4. The van der Waals surface area contributed by atoms with E-state index in [0.29, 0.717) is 37.2 Å². The summed E-state index contributed by atoms with van der Waals surface area (Å²) < 4.78 is 13.4. The molecule has 0 amide bonds. The Morgan fingerprint density at radius 3 is 2.81 bits per heavy atom. The van der Waals surface area contributed by atoms with Gasteiger partial charge >= 0.3 is 5.97 Å². The van der Waals surface area contributed by atoms with Crippen LogP contribution in [0.1, 0.15) is 30.0 Å². The molecule has 0 fully saturated rings. The first kappa shape index (κ1) is 20.5. The molecule has 160 valence electrons. The van der Waals surface area contributed by atoms with Crippen LogP contribution < -0.4 is 10.1 Å². The number of esters is 1. The van der Waals surface area contributed by atoms with Crippen LogP contribution in [0.3, 0.4) is 0 Å². The third-order valence-corrected chi connectivity index (χ3v) is 6.06. The van der Waals surface area contributed by atoms with Crippen LogP contribution in [0.5, 0.6) is 0 Å². The fourth-order valence-electron chi connectivity index (χ4n) is 3.49. The maximum absolute atomic E-state index is 13.0. The van der Waals surface area contributed by atoms with Crippen molar-refractivity contribution in [1.82, 2.24) is 9.38 Å². The van der Waals surface area contributed by atoms with E-state index in [1.807, 2.05) is 24.3 Å². The summed E-state index contributed by atoms with van der Waals surface area (Å²) in [6, 6.07) is 15.9. The van der Waals surface area contributed by atoms with Crippen LogP contribution in [-0.4, -0.2) is 21.5 Å². The van der Waals surface area contributed by atoms with Gasteiger partial charge in [0.1, 0.15) is 16.1 Å². The molecule has 0 bridgehead atoms. The van der Waals surface area contributed by atoms with E-state index in [9.17, 15) is 9.59 Å². The summed E-state index contributed by atoms with van der Waals surface area (Å²) in [5.74, 6) is 0.476. The Balaban J connectivity index is 1.57. The second-order valence-electron chi connectivity index (χ2n) is 7.48. The number of thiazole rings is 1. The minimum Gasteiger partial charge on any atom is -0.459 e. The number of ether oxygens (including phenoxy) is 1. The van der Waals surface area contributed by atoms with Crippen molar-refractivity contribution in [1.29, 1.82) is 0 Å². The Bertz CT molecular complexity index is 1600. The van der Waals surface area contributed by atoms with Crippen molar-refractivity contribution in [2.75, 3.05) is 0 Å². The molecule has 0 unspecified atom stereocenters. The summed E-state index contributed by atoms with van der Waals surface area (Å²) in [6.07, 6.45) is 1.42. The predicted octanol–water partition coefficient (Wildman–Crippen LogP) is 4.94. The Hall–Kier alpha value is -3.42. The average Bonchev–Trinajstić information content (AvgIpc) is 3.43. The fraction of sp³-hybridized carbons (Fsp3) is 0.125. The molecule has 2 aromatic carbocycles. The number of hydrogen-bond acceptors (Lipinski definition) is 6. The first-order valence-corrected chi connectivity index (χ1v) is 11.1. The molecule has 32 heavy (non-hydrogen) atoms. The van der Waals surface area contributed by atoms with Gasteiger partial charge in [-0.2, -0.15) is 0 Å². The van der Waals surface area contributed by atoms with E-state index in [1.54, 1.807) is 54.7 Å². The van der Waals surface area contributed by atoms with Gasteiger partial charge in [-0.3, -0.25) is 4.79 Å². The molecule has 0 saturated carbocycles. The lowest BCUT2D eigenvalue weighted by molar-refractivity contribution is 0.0378. The van der Waals surface area contributed by atoms with Crippen molar-refractivity contribution in [3.8, 4) is 11.3 Å². The maximum Gasteiger partial charge on any atom is 0.339 e. The summed E-state index contributed by atoms with van der Waals surface area (Å²) in [5.41, 5.74) is 2.28. The second kappa shape index (κ2) is 7.93. The highest BCUT2D eigenvalue weighted by Gasteiger charge is 2.18. The van der Waals surface area contributed by atoms with Crippen LogP contribution in [0.2, 0.25) is 5.02 Å². The van der Waals surface area contributed by atoms with Crippen molar-refractivity contribution in [2.45, 2.75) is 20.0 Å². The number of rotatable bonds is 4. The number of imidazole rings is 1. The SMILES string of the molecule is CC(C)OC(=O)c1ccc(Cl)cc1-c1ccc(/C=c2/sc3nc4ccccc4n3c2=O)o1. The van der Waals surface area contributed by atoms with Gasteiger partial charge in [-0.1, -0.05) is 35.1 Å². The minimum atomic E-state index is -0.457. The monoisotopic (exact) mass is 464 g/mol. The molecule has 6 nitrogen and oxygen atoms in total. The number of halogens is 1. The van der Waals surface area contributed by atoms with Gasteiger partial charge in [0, 0.05) is 16.7 Å². The number of fused-ring (bicyclic) bond motifs is 3. The van der Waals surface area contributed by atoms with Crippen LogP contribution >= 0.6 is 22.9 Å². The van der Waals surface area contributed by atoms with Crippen molar-refractivity contribution in [3.05, 3.63) is 85.8 Å². The normalized spacial score (nSPS) is 12.3. The van der Waals surface area contributed by atoms with Crippen molar-refractivity contribution in [2.24, 2.45) is 0 Å². The molecule has 0 saturated heterocycles. The van der Waals surface area contributed by atoms with E-state index < -0.39 is 5.97 Å². The molecule has 5 rings (SSSR count). The zero-order chi connectivity index (χ0) is 22.4. The van der Waals surface area contributed by atoms with Gasteiger partial charge in [0.15, 0.2) is 4.96 Å². The average molecular weight is 465 g/mol. The summed E-state index contributed by atoms with van der Waals surface area (Å²) in [7, 11) is 0. The number of benzene rings is 2. The number of aromatic nitrogens is 2. The van der Waals surface area contributed by atoms with Gasteiger partial charge in [0.2, 0.25) is 0 Å². The van der Waals surface area contributed by atoms with Crippen molar-refractivity contribution < 1.29 is 13.9 Å².